The van der Waals surface area contributed by atoms with E-state index in [9.17, 15) is 9.59 Å². The highest BCUT2D eigenvalue weighted by Gasteiger charge is 2.55. The number of imidazole rings is 1. The Morgan fingerprint density at radius 3 is 2.66 bits per heavy atom. The standard InChI is InChI=1S/C28H34N4O3/c1-18(2)32-22-13-8-7-12-21(22)30-24(32)15-5-4-10-16-31-27(34)25(26(29)33)20-17-28(31,3)35-23-14-9-6-11-19(20)23/h6-9,11-14,18,20,25H,4-5,10,15-17H2,1-3H3,(H2,29,33)/t20-,25+,28+/m0/s1. The number of ether oxygens (including phenoxy) is 1. The summed E-state index contributed by atoms with van der Waals surface area (Å²) in [5.41, 5.74) is 8.06. The molecule has 2 bridgehead atoms. The van der Waals surface area contributed by atoms with Gasteiger partial charge in [0.05, 0.1) is 11.0 Å². The average molecular weight is 475 g/mol. The van der Waals surface area contributed by atoms with E-state index in [1.165, 1.54) is 5.52 Å². The molecule has 2 aliphatic heterocycles. The highest BCUT2D eigenvalue weighted by Crippen LogP contribution is 2.50. The highest BCUT2D eigenvalue weighted by atomic mass is 16.5. The Morgan fingerprint density at radius 1 is 1.14 bits per heavy atom. The third-order valence-electron chi connectivity index (χ3n) is 7.53. The van der Waals surface area contributed by atoms with Gasteiger partial charge < -0.3 is 19.9 Å². The van der Waals surface area contributed by atoms with Gasteiger partial charge in [-0.1, -0.05) is 36.8 Å². The Bertz CT molecular complexity index is 1270. The van der Waals surface area contributed by atoms with Crippen LogP contribution in [0.5, 0.6) is 5.75 Å². The van der Waals surface area contributed by atoms with E-state index < -0.39 is 17.6 Å². The van der Waals surface area contributed by atoms with Crippen molar-refractivity contribution in [2.75, 3.05) is 6.54 Å². The number of carbonyl (C=O) groups is 2. The van der Waals surface area contributed by atoms with Crippen molar-refractivity contribution in [2.24, 2.45) is 11.7 Å². The summed E-state index contributed by atoms with van der Waals surface area (Å²) in [7, 11) is 0. The van der Waals surface area contributed by atoms with Gasteiger partial charge in [0.15, 0.2) is 5.72 Å². The second-order valence-electron chi connectivity index (χ2n) is 10.3. The first-order valence-corrected chi connectivity index (χ1v) is 12.6. The summed E-state index contributed by atoms with van der Waals surface area (Å²) >= 11 is 0. The second-order valence-corrected chi connectivity index (χ2v) is 10.3. The number of carbonyl (C=O) groups excluding carboxylic acids is 2. The molecule has 1 saturated heterocycles. The quantitative estimate of drug-likeness (QED) is 0.383. The number of aromatic nitrogens is 2. The van der Waals surface area contributed by atoms with Crippen LogP contribution in [-0.4, -0.2) is 38.5 Å². The number of hydrogen-bond donors (Lipinski definition) is 1. The third kappa shape index (κ3) is 4.07. The SMILES string of the molecule is CC(C)n1c(CCCCCN2C(=O)[C@@H](C(N)=O)[C@H]3C[C@@]2(C)Oc2ccccc23)nc2ccccc21. The normalized spacial score (nSPS) is 23.4. The van der Waals surface area contributed by atoms with Crippen LogP contribution in [0, 0.1) is 5.92 Å². The zero-order chi connectivity index (χ0) is 24.7. The molecule has 2 aliphatic rings. The number of aryl methyl sites for hydroxylation is 1. The molecular weight excluding hydrogens is 440 g/mol. The molecule has 3 atom stereocenters. The van der Waals surface area contributed by atoms with E-state index in [1.54, 1.807) is 4.90 Å². The predicted molar refractivity (Wildman–Crippen MR) is 135 cm³/mol. The fourth-order valence-corrected chi connectivity index (χ4v) is 5.96. The molecule has 1 fully saturated rings. The summed E-state index contributed by atoms with van der Waals surface area (Å²) in [4.78, 5) is 32.4. The van der Waals surface area contributed by atoms with Gasteiger partial charge in [-0.15, -0.1) is 0 Å². The summed E-state index contributed by atoms with van der Waals surface area (Å²) < 4.78 is 8.66. The number of likely N-dealkylation sites (tertiary alicyclic amines) is 1. The van der Waals surface area contributed by atoms with Gasteiger partial charge in [0, 0.05) is 31.3 Å². The van der Waals surface area contributed by atoms with Crippen molar-refractivity contribution in [3.05, 3.63) is 59.9 Å². The first-order valence-electron chi connectivity index (χ1n) is 12.6. The molecule has 0 radical (unpaired) electrons. The molecule has 0 aliphatic carbocycles. The van der Waals surface area contributed by atoms with Crippen LogP contribution in [0.3, 0.4) is 0 Å². The van der Waals surface area contributed by atoms with Crippen LogP contribution in [0.1, 0.15) is 69.8 Å². The van der Waals surface area contributed by atoms with Gasteiger partial charge in [-0.05, 0) is 57.4 Å². The van der Waals surface area contributed by atoms with Crippen molar-refractivity contribution >= 4 is 22.8 Å². The first kappa shape index (κ1) is 23.4. The van der Waals surface area contributed by atoms with Crippen molar-refractivity contribution in [1.82, 2.24) is 14.5 Å². The molecule has 0 saturated carbocycles. The lowest BCUT2D eigenvalue weighted by molar-refractivity contribution is -0.175. The Morgan fingerprint density at radius 2 is 1.89 bits per heavy atom. The van der Waals surface area contributed by atoms with Gasteiger partial charge in [0.25, 0.3) is 0 Å². The van der Waals surface area contributed by atoms with Crippen LogP contribution in [0.2, 0.25) is 0 Å². The van der Waals surface area contributed by atoms with Gasteiger partial charge in [0.1, 0.15) is 17.5 Å². The van der Waals surface area contributed by atoms with Gasteiger partial charge in [-0.2, -0.15) is 0 Å². The number of nitrogens with zero attached hydrogens (tertiary/aromatic N) is 3. The molecular formula is C28H34N4O3. The topological polar surface area (TPSA) is 90.5 Å². The maximum absolute atomic E-state index is 13.4. The minimum Gasteiger partial charge on any atom is -0.468 e. The van der Waals surface area contributed by atoms with Crippen molar-refractivity contribution in [3.8, 4) is 5.75 Å². The number of benzene rings is 2. The van der Waals surface area contributed by atoms with Gasteiger partial charge in [-0.25, -0.2) is 4.98 Å². The van der Waals surface area contributed by atoms with Crippen molar-refractivity contribution < 1.29 is 14.3 Å². The number of rotatable bonds is 8. The minimum atomic E-state index is -0.848. The molecule has 35 heavy (non-hydrogen) atoms. The van der Waals surface area contributed by atoms with E-state index in [4.69, 9.17) is 15.5 Å². The van der Waals surface area contributed by atoms with Crippen LogP contribution in [0.15, 0.2) is 48.5 Å². The van der Waals surface area contributed by atoms with E-state index >= 15 is 0 Å². The van der Waals surface area contributed by atoms with Gasteiger partial charge in [-0.3, -0.25) is 9.59 Å². The maximum Gasteiger partial charge on any atom is 0.238 e. The Balaban J connectivity index is 1.27. The molecule has 2 amide bonds. The maximum atomic E-state index is 13.4. The number of amides is 2. The van der Waals surface area contributed by atoms with Gasteiger partial charge >= 0.3 is 0 Å². The minimum absolute atomic E-state index is 0.215. The van der Waals surface area contributed by atoms with Gasteiger partial charge in [0.2, 0.25) is 11.8 Å². The molecule has 2 N–H and O–H groups in total. The highest BCUT2D eigenvalue weighted by molar-refractivity contribution is 6.01. The Kier molecular flexibility index (Phi) is 6.03. The zero-order valence-electron chi connectivity index (χ0n) is 20.7. The number of para-hydroxylation sites is 3. The van der Waals surface area contributed by atoms with E-state index in [0.717, 1.165) is 48.3 Å². The Labute approximate surface area is 206 Å². The van der Waals surface area contributed by atoms with Crippen molar-refractivity contribution in [3.63, 3.8) is 0 Å². The molecule has 1 aromatic heterocycles. The zero-order valence-corrected chi connectivity index (χ0v) is 20.7. The summed E-state index contributed by atoms with van der Waals surface area (Å²) in [5, 5.41) is 0. The third-order valence-corrected chi connectivity index (χ3v) is 7.53. The lowest BCUT2D eigenvalue weighted by atomic mass is 9.73. The number of primary amides is 1. The number of fused-ring (bicyclic) bond motifs is 5. The van der Waals surface area contributed by atoms with Crippen LogP contribution in [0.4, 0.5) is 0 Å². The lowest BCUT2D eigenvalue weighted by Gasteiger charge is -2.52. The Hall–Kier alpha value is -3.35. The van der Waals surface area contributed by atoms with E-state index in [1.807, 2.05) is 37.3 Å². The molecule has 0 unspecified atom stereocenters. The monoisotopic (exact) mass is 474 g/mol. The molecule has 3 aromatic rings. The average Bonchev–Trinajstić information content (AvgIpc) is 3.19. The summed E-state index contributed by atoms with van der Waals surface area (Å²) in [6.45, 7) is 6.86. The van der Waals surface area contributed by atoms with Crippen LogP contribution >= 0.6 is 0 Å². The van der Waals surface area contributed by atoms with E-state index in [0.29, 0.717) is 19.0 Å². The fraction of sp³-hybridized carbons (Fsp3) is 0.464. The molecule has 7 nitrogen and oxygen atoms in total. The van der Waals surface area contributed by atoms with Crippen LogP contribution < -0.4 is 10.5 Å². The van der Waals surface area contributed by atoms with Crippen molar-refractivity contribution in [2.45, 2.75) is 70.6 Å². The van der Waals surface area contributed by atoms with Crippen molar-refractivity contribution in [1.29, 1.82) is 0 Å². The molecule has 184 valence electrons. The first-order chi connectivity index (χ1) is 16.8. The summed E-state index contributed by atoms with van der Waals surface area (Å²) in [6, 6.07) is 16.3. The number of nitrogens with two attached hydrogens (primary N) is 1. The van der Waals surface area contributed by atoms with E-state index in [2.05, 4.69) is 36.6 Å². The molecule has 0 spiro atoms. The summed E-state index contributed by atoms with van der Waals surface area (Å²) in [5.74, 6) is -0.0216. The molecule has 3 heterocycles. The number of unbranched alkanes of at least 4 members (excludes halogenated alkanes) is 2. The lowest BCUT2D eigenvalue weighted by Crippen LogP contribution is -2.64. The fourth-order valence-electron chi connectivity index (χ4n) is 5.96. The smallest absolute Gasteiger partial charge is 0.238 e. The molecule has 2 aromatic carbocycles. The summed E-state index contributed by atoms with van der Waals surface area (Å²) in [6.07, 6.45) is 4.20. The van der Waals surface area contributed by atoms with E-state index in [-0.39, 0.29) is 11.8 Å². The molecule has 7 heteroatoms. The number of hydrogen-bond acceptors (Lipinski definition) is 4. The largest absolute Gasteiger partial charge is 0.468 e. The number of piperidine rings is 1. The molecule has 5 rings (SSSR count). The van der Waals surface area contributed by atoms with Crippen LogP contribution in [0.25, 0.3) is 11.0 Å². The van der Waals surface area contributed by atoms with Crippen LogP contribution in [-0.2, 0) is 16.0 Å². The second kappa shape index (κ2) is 9.02. The predicted octanol–water partition coefficient (Wildman–Crippen LogP) is 4.56.